The van der Waals surface area contributed by atoms with Gasteiger partial charge in [0.2, 0.25) is 17.7 Å². The molecule has 1 aromatic heterocycles. The summed E-state index contributed by atoms with van der Waals surface area (Å²) in [5, 5.41) is 16.2. The summed E-state index contributed by atoms with van der Waals surface area (Å²) in [5.41, 5.74) is 2.03. The largest absolute Gasteiger partial charge is 0.302 e. The highest BCUT2D eigenvalue weighted by molar-refractivity contribution is 7.14. The molecule has 2 aromatic carbocycles. The monoisotopic (exact) mass is 514 g/mol. The first-order chi connectivity index (χ1) is 17.9. The minimum absolute atomic E-state index is 0.0366. The van der Waals surface area contributed by atoms with Gasteiger partial charge in [-0.1, -0.05) is 54.6 Å². The lowest BCUT2D eigenvalue weighted by molar-refractivity contribution is -0.384. The van der Waals surface area contributed by atoms with E-state index < -0.39 is 28.7 Å². The number of non-ortho nitro benzene ring substituents is 1. The van der Waals surface area contributed by atoms with Gasteiger partial charge in [0.25, 0.3) is 5.69 Å². The molecule has 3 amide bonds. The van der Waals surface area contributed by atoms with Crippen molar-refractivity contribution in [1.82, 2.24) is 9.88 Å². The fraction of sp³-hybridized carbons (Fsp3) is 0.259. The molecule has 2 fully saturated rings. The first-order valence-corrected chi connectivity index (χ1v) is 12.9. The van der Waals surface area contributed by atoms with Crippen LogP contribution in [0.5, 0.6) is 0 Å². The van der Waals surface area contributed by atoms with Crippen molar-refractivity contribution in [2.75, 3.05) is 5.32 Å². The first kappa shape index (κ1) is 23.2. The number of rotatable bonds is 7. The van der Waals surface area contributed by atoms with Gasteiger partial charge in [-0.25, -0.2) is 4.98 Å². The maximum absolute atomic E-state index is 13.5. The Balaban J connectivity index is 1.26. The van der Waals surface area contributed by atoms with Crippen LogP contribution < -0.4 is 5.32 Å². The number of allylic oxidation sites excluding steroid dienone is 2. The van der Waals surface area contributed by atoms with Crippen molar-refractivity contribution in [3.63, 3.8) is 0 Å². The molecule has 2 heterocycles. The number of likely N-dealkylation sites (tertiary alicyclic amines) is 1. The zero-order valence-electron chi connectivity index (χ0n) is 19.5. The van der Waals surface area contributed by atoms with E-state index in [0.717, 1.165) is 17.7 Å². The smallest absolute Gasteiger partial charge is 0.269 e. The van der Waals surface area contributed by atoms with E-state index in [4.69, 9.17) is 0 Å². The Bertz CT molecular complexity index is 1400. The van der Waals surface area contributed by atoms with Gasteiger partial charge >= 0.3 is 0 Å². The SMILES string of the molecule is O=C(CC(c1ccc([N+](=O)[O-])cc1)N1C(=O)C2C3C=CC(C3)C2C1=O)Nc1nc(-c2ccccc2)cs1. The van der Waals surface area contributed by atoms with Crippen molar-refractivity contribution >= 4 is 39.9 Å². The molecule has 3 aliphatic rings. The Kier molecular flexibility index (Phi) is 5.68. The molecule has 3 aromatic rings. The third kappa shape index (κ3) is 4.03. The Morgan fingerprint density at radius 1 is 1.05 bits per heavy atom. The number of benzene rings is 2. The summed E-state index contributed by atoms with van der Waals surface area (Å²) >= 11 is 1.28. The van der Waals surface area contributed by atoms with Gasteiger partial charge in [0, 0.05) is 23.1 Å². The second-order valence-electron chi connectivity index (χ2n) is 9.57. The molecule has 1 aliphatic heterocycles. The summed E-state index contributed by atoms with van der Waals surface area (Å²) in [6, 6.07) is 14.4. The number of thiazole rings is 1. The number of nitrogens with zero attached hydrogens (tertiary/aromatic N) is 3. The van der Waals surface area contributed by atoms with Crippen molar-refractivity contribution in [3.8, 4) is 11.3 Å². The fourth-order valence-electron chi connectivity index (χ4n) is 5.83. The van der Waals surface area contributed by atoms with Crippen LogP contribution in [0.3, 0.4) is 0 Å². The molecule has 2 bridgehead atoms. The topological polar surface area (TPSA) is 123 Å². The minimum Gasteiger partial charge on any atom is -0.302 e. The molecule has 0 radical (unpaired) electrons. The number of amides is 3. The highest BCUT2D eigenvalue weighted by Crippen LogP contribution is 2.54. The Hall–Kier alpha value is -4.18. The lowest BCUT2D eigenvalue weighted by atomic mass is 9.85. The van der Waals surface area contributed by atoms with Crippen molar-refractivity contribution in [2.45, 2.75) is 18.9 Å². The van der Waals surface area contributed by atoms with Gasteiger partial charge in [-0.2, -0.15) is 0 Å². The van der Waals surface area contributed by atoms with Crippen LogP contribution in [0, 0.1) is 33.8 Å². The normalized spacial score (nSPS) is 24.4. The fourth-order valence-corrected chi connectivity index (χ4v) is 6.56. The Morgan fingerprint density at radius 2 is 1.70 bits per heavy atom. The lowest BCUT2D eigenvalue weighted by Crippen LogP contribution is -2.38. The number of nitro groups is 1. The van der Waals surface area contributed by atoms with Gasteiger partial charge in [0.05, 0.1) is 34.9 Å². The van der Waals surface area contributed by atoms with Crippen molar-refractivity contribution in [2.24, 2.45) is 23.7 Å². The molecular formula is C27H22N4O5S. The number of carbonyl (C=O) groups is 3. The number of fused-ring (bicyclic) bond motifs is 5. The molecule has 5 atom stereocenters. The molecule has 6 rings (SSSR count). The standard InChI is InChI=1S/C27H22N4O5S/c32-22(29-27-28-20(14-37-27)15-4-2-1-3-5-15)13-21(16-8-10-19(11-9-16)31(35)36)30-25(33)23-17-6-7-18(12-17)24(23)26(30)34/h1-11,14,17-18,21,23-24H,12-13H2,(H,28,29,32). The summed E-state index contributed by atoms with van der Waals surface area (Å²) in [5.74, 6) is -1.69. The zero-order valence-corrected chi connectivity index (χ0v) is 20.3. The molecule has 2 aliphatic carbocycles. The average molecular weight is 515 g/mol. The summed E-state index contributed by atoms with van der Waals surface area (Å²) in [6.07, 6.45) is 4.65. The highest BCUT2D eigenvalue weighted by Gasteiger charge is 2.60. The maximum atomic E-state index is 13.5. The van der Waals surface area contributed by atoms with Gasteiger partial charge in [0.15, 0.2) is 5.13 Å². The molecule has 1 saturated carbocycles. The molecular weight excluding hydrogens is 492 g/mol. The van der Waals surface area contributed by atoms with Crippen molar-refractivity contribution < 1.29 is 19.3 Å². The molecule has 10 heteroatoms. The number of carbonyl (C=O) groups excluding carboxylic acids is 3. The number of anilines is 1. The van der Waals surface area contributed by atoms with E-state index in [-0.39, 0.29) is 35.8 Å². The van der Waals surface area contributed by atoms with Gasteiger partial charge in [0.1, 0.15) is 0 Å². The Labute approximate surface area is 216 Å². The molecule has 1 N–H and O–H groups in total. The Morgan fingerprint density at radius 3 is 2.32 bits per heavy atom. The predicted octanol–water partition coefficient (Wildman–Crippen LogP) is 4.60. The molecule has 37 heavy (non-hydrogen) atoms. The predicted molar refractivity (Wildman–Crippen MR) is 136 cm³/mol. The van der Waals surface area contributed by atoms with E-state index in [9.17, 15) is 24.5 Å². The number of hydrogen-bond donors (Lipinski definition) is 1. The second kappa shape index (κ2) is 9.04. The van der Waals surface area contributed by atoms with E-state index in [1.54, 1.807) is 0 Å². The van der Waals surface area contributed by atoms with E-state index >= 15 is 0 Å². The molecule has 0 spiro atoms. The quantitative estimate of drug-likeness (QED) is 0.213. The minimum atomic E-state index is -0.876. The van der Waals surface area contributed by atoms with Crippen LogP contribution in [-0.2, 0) is 14.4 Å². The van der Waals surface area contributed by atoms with E-state index in [1.807, 2.05) is 47.9 Å². The van der Waals surface area contributed by atoms with Gasteiger partial charge < -0.3 is 5.32 Å². The summed E-state index contributed by atoms with van der Waals surface area (Å²) in [6.45, 7) is 0. The number of aromatic nitrogens is 1. The van der Waals surface area contributed by atoms with Crippen LogP contribution in [0.4, 0.5) is 10.8 Å². The number of nitrogens with one attached hydrogen (secondary N) is 1. The molecule has 9 nitrogen and oxygen atoms in total. The van der Waals surface area contributed by atoms with Crippen LogP contribution >= 0.6 is 11.3 Å². The number of imide groups is 1. The third-order valence-corrected chi connectivity index (χ3v) is 8.26. The average Bonchev–Trinajstić information content (AvgIpc) is 3.68. The van der Waals surface area contributed by atoms with E-state index in [2.05, 4.69) is 10.3 Å². The summed E-state index contributed by atoms with van der Waals surface area (Å²) in [7, 11) is 0. The molecule has 5 unspecified atom stereocenters. The lowest BCUT2D eigenvalue weighted by Gasteiger charge is -2.27. The van der Waals surface area contributed by atoms with Gasteiger partial charge in [-0.15, -0.1) is 11.3 Å². The van der Waals surface area contributed by atoms with Crippen LogP contribution in [-0.4, -0.2) is 32.5 Å². The van der Waals surface area contributed by atoms with Crippen LogP contribution in [0.1, 0.15) is 24.4 Å². The van der Waals surface area contributed by atoms with Crippen molar-refractivity contribution in [1.29, 1.82) is 0 Å². The first-order valence-electron chi connectivity index (χ1n) is 12.0. The van der Waals surface area contributed by atoms with Crippen molar-refractivity contribution in [3.05, 3.63) is 87.8 Å². The summed E-state index contributed by atoms with van der Waals surface area (Å²) < 4.78 is 0. The third-order valence-electron chi connectivity index (χ3n) is 7.50. The van der Waals surface area contributed by atoms with Crippen LogP contribution in [0.25, 0.3) is 11.3 Å². The van der Waals surface area contributed by atoms with Crippen LogP contribution in [0.2, 0.25) is 0 Å². The number of hydrogen-bond acceptors (Lipinski definition) is 7. The highest BCUT2D eigenvalue weighted by atomic mass is 32.1. The van der Waals surface area contributed by atoms with Gasteiger partial charge in [-0.05, 0) is 23.8 Å². The maximum Gasteiger partial charge on any atom is 0.269 e. The number of nitro benzene ring substituents is 1. The van der Waals surface area contributed by atoms with E-state index in [1.165, 1.54) is 40.5 Å². The summed E-state index contributed by atoms with van der Waals surface area (Å²) in [4.78, 5) is 56.5. The van der Waals surface area contributed by atoms with Crippen LogP contribution in [0.15, 0.2) is 72.1 Å². The second-order valence-corrected chi connectivity index (χ2v) is 10.4. The zero-order chi connectivity index (χ0) is 25.7. The van der Waals surface area contributed by atoms with E-state index in [0.29, 0.717) is 10.7 Å². The molecule has 1 saturated heterocycles. The van der Waals surface area contributed by atoms with Gasteiger partial charge in [-0.3, -0.25) is 29.4 Å². The molecule has 186 valence electrons.